The Balaban J connectivity index is 2.05. The Morgan fingerprint density at radius 2 is 1.85 bits per heavy atom. The van der Waals surface area contributed by atoms with Crippen LogP contribution in [0, 0.1) is 0 Å². The van der Waals surface area contributed by atoms with Gasteiger partial charge >= 0.3 is 0 Å². The van der Waals surface area contributed by atoms with Gasteiger partial charge < -0.3 is 4.74 Å². The summed E-state index contributed by atoms with van der Waals surface area (Å²) in [6.07, 6.45) is -0.00323. The number of likely N-dealkylation sites (N-methyl/N-ethyl adjacent to an activating group) is 1. The van der Waals surface area contributed by atoms with E-state index in [-0.39, 0.29) is 6.42 Å². The molecule has 0 aliphatic carbocycles. The van der Waals surface area contributed by atoms with E-state index >= 15 is 0 Å². The van der Waals surface area contributed by atoms with Crippen molar-refractivity contribution in [2.24, 2.45) is 0 Å². The number of halogens is 1. The first-order valence-electron chi connectivity index (χ1n) is 7.92. The molecule has 1 N–H and O–H groups in total. The molecule has 0 saturated heterocycles. The lowest BCUT2D eigenvalue weighted by Crippen LogP contribution is -2.24. The lowest BCUT2D eigenvalue weighted by molar-refractivity contribution is -0.158. The van der Waals surface area contributed by atoms with Crippen LogP contribution in [0.3, 0.4) is 0 Å². The van der Waals surface area contributed by atoms with E-state index in [1.54, 1.807) is 23.9 Å². The number of aromatic nitrogens is 2. The molecule has 134 valence electrons. The number of nitrogens with zero attached hydrogens (tertiary/aromatic N) is 3. The molecule has 1 heterocycles. The monoisotopic (exact) mass is 371 g/mol. The van der Waals surface area contributed by atoms with Crippen LogP contribution in [-0.4, -0.2) is 40.1 Å². The van der Waals surface area contributed by atoms with E-state index in [0.29, 0.717) is 15.8 Å². The van der Waals surface area contributed by atoms with Gasteiger partial charge in [0.2, 0.25) is 0 Å². The van der Waals surface area contributed by atoms with E-state index in [4.69, 9.17) is 16.3 Å². The summed E-state index contributed by atoms with van der Waals surface area (Å²) in [4.78, 5) is 11.8. The minimum Gasteiger partial charge on any atom is -0.497 e. The van der Waals surface area contributed by atoms with Crippen molar-refractivity contribution < 1.29 is 14.7 Å². The third kappa shape index (κ3) is 3.87. The topological polar surface area (TPSA) is 67.6 Å². The van der Waals surface area contributed by atoms with E-state index < -0.39 is 5.91 Å². The second-order valence-corrected chi connectivity index (χ2v) is 6.17. The van der Waals surface area contributed by atoms with E-state index in [9.17, 15) is 10.0 Å². The Hall–Kier alpha value is -2.83. The van der Waals surface area contributed by atoms with Crippen molar-refractivity contribution in [2.45, 2.75) is 6.42 Å². The van der Waals surface area contributed by atoms with E-state index in [0.717, 1.165) is 22.7 Å². The molecule has 0 unspecified atom stereocenters. The maximum Gasteiger partial charge on any atom is 0.251 e. The first-order valence-corrected chi connectivity index (χ1v) is 8.30. The molecular formula is C19H18ClN3O3. The number of carbonyl (C=O) groups excluding carboxylic acids is 1. The second-order valence-electron chi connectivity index (χ2n) is 5.73. The quantitative estimate of drug-likeness (QED) is 0.549. The van der Waals surface area contributed by atoms with Gasteiger partial charge in [-0.15, -0.1) is 0 Å². The molecule has 7 heteroatoms. The Kier molecular flexibility index (Phi) is 5.25. The van der Waals surface area contributed by atoms with Gasteiger partial charge in [0.1, 0.15) is 5.75 Å². The molecule has 2 aromatic carbocycles. The number of carbonyl (C=O) groups is 1. The van der Waals surface area contributed by atoms with Crippen LogP contribution in [0.2, 0.25) is 5.02 Å². The van der Waals surface area contributed by atoms with Crippen molar-refractivity contribution >= 4 is 17.5 Å². The van der Waals surface area contributed by atoms with Crippen LogP contribution in [0.5, 0.6) is 5.75 Å². The molecule has 0 saturated carbocycles. The molecule has 0 spiro atoms. The summed E-state index contributed by atoms with van der Waals surface area (Å²) in [5.41, 5.74) is 3.10. The number of methoxy groups -OCH3 is 1. The van der Waals surface area contributed by atoms with Gasteiger partial charge in [-0.25, -0.2) is 9.75 Å². The predicted octanol–water partition coefficient (Wildman–Crippen LogP) is 3.59. The lowest BCUT2D eigenvalue weighted by Gasteiger charge is -2.09. The Bertz CT molecular complexity index is 903. The minimum absolute atomic E-state index is 0.00323. The first kappa shape index (κ1) is 18.0. The summed E-state index contributed by atoms with van der Waals surface area (Å²) in [7, 11) is 2.90. The average Bonchev–Trinajstić information content (AvgIpc) is 3.06. The van der Waals surface area contributed by atoms with Gasteiger partial charge in [-0.05, 0) is 42.5 Å². The molecule has 0 bridgehead atoms. The number of hydroxylamine groups is 2. The van der Waals surface area contributed by atoms with Gasteiger partial charge in [0.15, 0.2) is 0 Å². The van der Waals surface area contributed by atoms with Crippen LogP contribution < -0.4 is 4.74 Å². The Labute approximate surface area is 156 Å². The molecule has 0 radical (unpaired) electrons. The minimum atomic E-state index is -0.438. The molecule has 3 aromatic rings. The van der Waals surface area contributed by atoms with E-state index in [2.05, 4.69) is 5.10 Å². The van der Waals surface area contributed by atoms with Crippen LogP contribution in [0.1, 0.15) is 5.69 Å². The maximum absolute atomic E-state index is 11.8. The summed E-state index contributed by atoms with van der Waals surface area (Å²) < 4.78 is 6.95. The fourth-order valence-corrected chi connectivity index (χ4v) is 2.66. The number of benzene rings is 2. The molecular weight excluding hydrogens is 354 g/mol. The summed E-state index contributed by atoms with van der Waals surface area (Å²) in [6, 6.07) is 16.7. The van der Waals surface area contributed by atoms with Gasteiger partial charge in [0.25, 0.3) is 5.91 Å². The van der Waals surface area contributed by atoms with Crippen molar-refractivity contribution in [3.8, 4) is 22.7 Å². The molecule has 6 nitrogen and oxygen atoms in total. The molecule has 3 rings (SSSR count). The predicted molar refractivity (Wildman–Crippen MR) is 98.8 cm³/mol. The third-order valence-electron chi connectivity index (χ3n) is 3.91. The molecule has 0 fully saturated rings. The fraction of sp³-hybridized carbons (Fsp3) is 0.158. The highest BCUT2D eigenvalue weighted by atomic mass is 35.5. The van der Waals surface area contributed by atoms with Crippen molar-refractivity contribution in [3.63, 3.8) is 0 Å². The highest BCUT2D eigenvalue weighted by molar-refractivity contribution is 6.30. The SMILES string of the molecule is COc1ccc(-n2nc(CC(=O)N(C)O)cc2-c2ccc(Cl)cc2)cc1. The fourth-order valence-electron chi connectivity index (χ4n) is 2.53. The highest BCUT2D eigenvalue weighted by Gasteiger charge is 2.16. The summed E-state index contributed by atoms with van der Waals surface area (Å²) in [5, 5.41) is 15.0. The summed E-state index contributed by atoms with van der Waals surface area (Å²) in [6.45, 7) is 0. The van der Waals surface area contributed by atoms with Crippen LogP contribution in [0.4, 0.5) is 0 Å². The van der Waals surface area contributed by atoms with E-state index in [1.165, 1.54) is 7.05 Å². The van der Waals surface area contributed by atoms with Gasteiger partial charge in [-0.3, -0.25) is 10.0 Å². The lowest BCUT2D eigenvalue weighted by atomic mass is 10.1. The van der Waals surface area contributed by atoms with Crippen LogP contribution in [0.15, 0.2) is 54.6 Å². The number of hydrogen-bond acceptors (Lipinski definition) is 4. The van der Waals surface area contributed by atoms with Crippen LogP contribution in [-0.2, 0) is 11.2 Å². The maximum atomic E-state index is 11.8. The third-order valence-corrected chi connectivity index (χ3v) is 4.16. The second kappa shape index (κ2) is 7.59. The van der Waals surface area contributed by atoms with Crippen molar-refractivity contribution in [3.05, 3.63) is 65.3 Å². The zero-order chi connectivity index (χ0) is 18.7. The van der Waals surface area contributed by atoms with Gasteiger partial charge in [-0.1, -0.05) is 23.7 Å². The van der Waals surface area contributed by atoms with Gasteiger partial charge in [-0.2, -0.15) is 5.10 Å². The summed E-state index contributed by atoms with van der Waals surface area (Å²) >= 11 is 5.98. The molecule has 0 aliphatic heterocycles. The van der Waals surface area contributed by atoms with Gasteiger partial charge in [0.05, 0.1) is 30.6 Å². The van der Waals surface area contributed by atoms with Crippen LogP contribution >= 0.6 is 11.6 Å². The Morgan fingerprint density at radius 3 is 2.42 bits per heavy atom. The van der Waals surface area contributed by atoms with Gasteiger partial charge in [0, 0.05) is 17.6 Å². The van der Waals surface area contributed by atoms with Crippen molar-refractivity contribution in [1.29, 1.82) is 0 Å². The number of rotatable bonds is 5. The normalized spacial score (nSPS) is 10.6. The zero-order valence-corrected chi connectivity index (χ0v) is 15.1. The number of hydrogen-bond donors (Lipinski definition) is 1. The molecule has 0 atom stereocenters. The first-order chi connectivity index (χ1) is 12.5. The smallest absolute Gasteiger partial charge is 0.251 e. The van der Waals surface area contributed by atoms with E-state index in [1.807, 2.05) is 42.5 Å². The average molecular weight is 372 g/mol. The molecule has 1 aromatic heterocycles. The standard InChI is InChI=1S/C19H18ClN3O3/c1-22(25)19(24)12-15-11-18(13-3-5-14(20)6-4-13)23(21-15)16-7-9-17(26-2)10-8-16/h3-11,25H,12H2,1-2H3. The zero-order valence-electron chi connectivity index (χ0n) is 14.4. The molecule has 0 aliphatic rings. The number of ether oxygens (including phenoxy) is 1. The number of amides is 1. The highest BCUT2D eigenvalue weighted by Crippen LogP contribution is 2.26. The summed E-state index contributed by atoms with van der Waals surface area (Å²) in [5.74, 6) is 0.304. The molecule has 26 heavy (non-hydrogen) atoms. The Morgan fingerprint density at radius 1 is 1.19 bits per heavy atom. The van der Waals surface area contributed by atoms with Crippen LogP contribution in [0.25, 0.3) is 16.9 Å². The molecule has 1 amide bonds. The largest absolute Gasteiger partial charge is 0.497 e. The van der Waals surface area contributed by atoms with Crippen molar-refractivity contribution in [1.82, 2.24) is 14.8 Å². The van der Waals surface area contributed by atoms with Crippen molar-refractivity contribution in [2.75, 3.05) is 14.2 Å².